The summed E-state index contributed by atoms with van der Waals surface area (Å²) in [4.78, 5) is 11.9. The van der Waals surface area contributed by atoms with E-state index in [0.29, 0.717) is 19.8 Å². The highest BCUT2D eigenvalue weighted by molar-refractivity contribution is 5.94. The van der Waals surface area contributed by atoms with Crippen molar-refractivity contribution >= 4 is 11.6 Å². The average Bonchev–Trinajstić information content (AvgIpc) is 2.42. The molecule has 0 aliphatic carbocycles. The van der Waals surface area contributed by atoms with E-state index in [0.717, 1.165) is 17.8 Å². The third-order valence-electron chi connectivity index (χ3n) is 2.75. The van der Waals surface area contributed by atoms with Crippen LogP contribution in [0.15, 0.2) is 24.3 Å². The second kappa shape index (κ2) is 6.49. The van der Waals surface area contributed by atoms with E-state index >= 15 is 0 Å². The van der Waals surface area contributed by atoms with Gasteiger partial charge in [0.1, 0.15) is 6.10 Å². The van der Waals surface area contributed by atoms with E-state index < -0.39 is 6.10 Å². The van der Waals surface area contributed by atoms with Crippen molar-refractivity contribution in [3.8, 4) is 0 Å². The van der Waals surface area contributed by atoms with E-state index in [1.807, 2.05) is 24.3 Å². The molecule has 2 N–H and O–H groups in total. The summed E-state index contributed by atoms with van der Waals surface area (Å²) in [5, 5.41) is 5.96. The van der Waals surface area contributed by atoms with E-state index in [4.69, 9.17) is 9.47 Å². The van der Waals surface area contributed by atoms with Gasteiger partial charge in [-0.15, -0.1) is 0 Å². The zero-order valence-electron chi connectivity index (χ0n) is 10.4. The molecule has 1 aliphatic heterocycles. The van der Waals surface area contributed by atoms with E-state index in [9.17, 15) is 4.79 Å². The van der Waals surface area contributed by atoms with Gasteiger partial charge in [-0.3, -0.25) is 4.79 Å². The Labute approximate surface area is 106 Å². The summed E-state index contributed by atoms with van der Waals surface area (Å²) in [6, 6.07) is 7.59. The standard InChI is InChI=1S/C13H18N2O3/c1-17-9-10-2-4-11(5-3-10)15-13(16)12-8-14-6-7-18-12/h2-5,12,14H,6-9H2,1H3,(H,15,16). The summed E-state index contributed by atoms with van der Waals surface area (Å²) in [5.41, 5.74) is 1.85. The van der Waals surface area contributed by atoms with Crippen LogP contribution in [0.4, 0.5) is 5.69 Å². The molecule has 1 unspecified atom stereocenters. The number of carbonyl (C=O) groups is 1. The summed E-state index contributed by atoms with van der Waals surface area (Å²) in [5.74, 6) is -0.110. The molecule has 18 heavy (non-hydrogen) atoms. The number of hydrogen-bond acceptors (Lipinski definition) is 4. The van der Waals surface area contributed by atoms with Crippen molar-refractivity contribution in [3.05, 3.63) is 29.8 Å². The Morgan fingerprint density at radius 2 is 2.28 bits per heavy atom. The monoisotopic (exact) mass is 250 g/mol. The number of ether oxygens (including phenoxy) is 2. The number of benzene rings is 1. The lowest BCUT2D eigenvalue weighted by molar-refractivity contribution is -0.128. The fraction of sp³-hybridized carbons (Fsp3) is 0.462. The maximum Gasteiger partial charge on any atom is 0.254 e. The number of nitrogens with one attached hydrogen (secondary N) is 2. The molecule has 1 amide bonds. The van der Waals surface area contributed by atoms with Crippen molar-refractivity contribution in [1.82, 2.24) is 5.32 Å². The van der Waals surface area contributed by atoms with E-state index in [-0.39, 0.29) is 5.91 Å². The maximum absolute atomic E-state index is 11.9. The van der Waals surface area contributed by atoms with Crippen LogP contribution >= 0.6 is 0 Å². The van der Waals surface area contributed by atoms with Crippen molar-refractivity contribution in [3.63, 3.8) is 0 Å². The number of methoxy groups -OCH3 is 1. The van der Waals surface area contributed by atoms with Gasteiger partial charge in [0, 0.05) is 25.9 Å². The molecular weight excluding hydrogens is 232 g/mol. The van der Waals surface area contributed by atoms with Gasteiger partial charge in [0.2, 0.25) is 0 Å². The molecule has 1 aromatic rings. The van der Waals surface area contributed by atoms with Gasteiger partial charge in [-0.2, -0.15) is 0 Å². The largest absolute Gasteiger partial charge is 0.380 e. The SMILES string of the molecule is COCc1ccc(NC(=O)C2CNCCO2)cc1. The molecule has 5 heteroatoms. The lowest BCUT2D eigenvalue weighted by Crippen LogP contribution is -2.45. The van der Waals surface area contributed by atoms with Crippen molar-refractivity contribution in [2.75, 3.05) is 32.1 Å². The molecule has 98 valence electrons. The minimum atomic E-state index is -0.405. The number of rotatable bonds is 4. The van der Waals surface area contributed by atoms with Crippen LogP contribution < -0.4 is 10.6 Å². The number of carbonyl (C=O) groups excluding carboxylic acids is 1. The summed E-state index contributed by atoms with van der Waals surface area (Å²) < 4.78 is 10.4. The fourth-order valence-corrected chi connectivity index (χ4v) is 1.81. The molecular formula is C13H18N2O3. The Balaban J connectivity index is 1.89. The average molecular weight is 250 g/mol. The molecule has 0 bridgehead atoms. The third kappa shape index (κ3) is 3.53. The lowest BCUT2D eigenvalue weighted by atomic mass is 10.2. The molecule has 1 saturated heterocycles. The molecule has 0 saturated carbocycles. The smallest absolute Gasteiger partial charge is 0.254 e. The molecule has 0 aromatic heterocycles. The van der Waals surface area contributed by atoms with Crippen molar-refractivity contribution in [2.24, 2.45) is 0 Å². The highest BCUT2D eigenvalue weighted by atomic mass is 16.5. The minimum absolute atomic E-state index is 0.110. The molecule has 5 nitrogen and oxygen atoms in total. The van der Waals surface area contributed by atoms with E-state index in [1.54, 1.807) is 7.11 Å². The van der Waals surface area contributed by atoms with Gasteiger partial charge < -0.3 is 20.1 Å². The summed E-state index contributed by atoms with van der Waals surface area (Å²) in [6.45, 7) is 2.51. The Morgan fingerprint density at radius 3 is 2.89 bits per heavy atom. The minimum Gasteiger partial charge on any atom is -0.380 e. The molecule has 1 heterocycles. The number of anilines is 1. The Hall–Kier alpha value is -1.43. The van der Waals surface area contributed by atoms with Gasteiger partial charge in [-0.05, 0) is 17.7 Å². The highest BCUT2D eigenvalue weighted by Crippen LogP contribution is 2.11. The van der Waals surface area contributed by atoms with Gasteiger partial charge in [0.25, 0.3) is 5.91 Å². The van der Waals surface area contributed by atoms with Crippen molar-refractivity contribution < 1.29 is 14.3 Å². The lowest BCUT2D eigenvalue weighted by Gasteiger charge is -2.22. The number of morpholine rings is 1. The molecule has 1 fully saturated rings. The van der Waals surface area contributed by atoms with Gasteiger partial charge in [0.05, 0.1) is 13.2 Å². The van der Waals surface area contributed by atoms with Crippen LogP contribution in [0, 0.1) is 0 Å². The van der Waals surface area contributed by atoms with E-state index in [2.05, 4.69) is 10.6 Å². The fourth-order valence-electron chi connectivity index (χ4n) is 1.81. The van der Waals surface area contributed by atoms with Gasteiger partial charge in [0.15, 0.2) is 0 Å². The molecule has 0 spiro atoms. The van der Waals surface area contributed by atoms with Gasteiger partial charge >= 0.3 is 0 Å². The van der Waals surface area contributed by atoms with Gasteiger partial charge in [-0.1, -0.05) is 12.1 Å². The number of hydrogen-bond donors (Lipinski definition) is 2. The molecule has 2 rings (SSSR count). The first-order valence-electron chi connectivity index (χ1n) is 6.00. The van der Waals surface area contributed by atoms with Crippen LogP contribution in [0.5, 0.6) is 0 Å². The molecule has 1 aromatic carbocycles. The predicted molar refractivity (Wildman–Crippen MR) is 68.4 cm³/mol. The van der Waals surface area contributed by atoms with Crippen molar-refractivity contribution in [1.29, 1.82) is 0 Å². The summed E-state index contributed by atoms with van der Waals surface area (Å²) in [7, 11) is 1.66. The van der Waals surface area contributed by atoms with Crippen LogP contribution in [0.1, 0.15) is 5.56 Å². The summed E-state index contributed by atoms with van der Waals surface area (Å²) >= 11 is 0. The third-order valence-corrected chi connectivity index (χ3v) is 2.75. The second-order valence-electron chi connectivity index (χ2n) is 4.18. The quantitative estimate of drug-likeness (QED) is 0.828. The van der Waals surface area contributed by atoms with Crippen LogP contribution in [0.3, 0.4) is 0 Å². The first-order chi connectivity index (χ1) is 8.79. The number of amides is 1. The Morgan fingerprint density at radius 1 is 1.50 bits per heavy atom. The zero-order valence-corrected chi connectivity index (χ0v) is 10.4. The predicted octanol–water partition coefficient (Wildman–Crippen LogP) is 0.760. The van der Waals surface area contributed by atoms with E-state index in [1.165, 1.54) is 0 Å². The van der Waals surface area contributed by atoms with Crippen LogP contribution in [-0.4, -0.2) is 38.8 Å². The molecule has 1 atom stereocenters. The van der Waals surface area contributed by atoms with Crippen LogP contribution in [-0.2, 0) is 20.9 Å². The first-order valence-corrected chi connectivity index (χ1v) is 6.00. The normalized spacial score (nSPS) is 19.5. The first kappa shape index (κ1) is 13.0. The second-order valence-corrected chi connectivity index (χ2v) is 4.18. The van der Waals surface area contributed by atoms with Gasteiger partial charge in [-0.25, -0.2) is 0 Å². The van der Waals surface area contributed by atoms with Crippen molar-refractivity contribution in [2.45, 2.75) is 12.7 Å². The Bertz CT molecular complexity index is 386. The molecule has 1 aliphatic rings. The maximum atomic E-state index is 11.9. The Kier molecular flexibility index (Phi) is 4.69. The van der Waals surface area contributed by atoms with Crippen LogP contribution in [0.25, 0.3) is 0 Å². The highest BCUT2D eigenvalue weighted by Gasteiger charge is 2.21. The molecule has 0 radical (unpaired) electrons. The zero-order chi connectivity index (χ0) is 12.8. The topological polar surface area (TPSA) is 59.6 Å². The summed E-state index contributed by atoms with van der Waals surface area (Å²) in [6.07, 6.45) is -0.405. The van der Waals surface area contributed by atoms with Crippen LogP contribution in [0.2, 0.25) is 0 Å².